The molecule has 1 atom stereocenters. The number of aryl methyl sites for hydroxylation is 1. The number of carbonyl (C=O) groups excluding carboxylic acids is 1. The van der Waals surface area contributed by atoms with Crippen LogP contribution in [0, 0.1) is 0 Å². The third kappa shape index (κ3) is 3.88. The second-order valence-electron chi connectivity index (χ2n) is 7.90. The summed E-state index contributed by atoms with van der Waals surface area (Å²) in [7, 11) is 0. The number of pyridine rings is 1. The van der Waals surface area contributed by atoms with Crippen molar-refractivity contribution in [3.8, 4) is 11.3 Å². The number of fused-ring (bicyclic) bond motifs is 1. The second kappa shape index (κ2) is 8.52. The van der Waals surface area contributed by atoms with E-state index < -0.39 is 12.0 Å². The maximum Gasteiger partial charge on any atom is 0.278 e. The molecular weight excluding hydrogens is 408 g/mol. The normalized spacial score (nSPS) is 17.8. The Labute approximate surface area is 185 Å². The van der Waals surface area contributed by atoms with Gasteiger partial charge >= 0.3 is 0 Å². The van der Waals surface area contributed by atoms with Crippen LogP contribution in [-0.2, 0) is 11.2 Å². The van der Waals surface area contributed by atoms with Gasteiger partial charge in [-0.1, -0.05) is 12.1 Å². The number of hydrogen-bond acceptors (Lipinski definition) is 8. The van der Waals surface area contributed by atoms with E-state index in [1.165, 1.54) is 0 Å². The first-order valence-corrected chi connectivity index (χ1v) is 10.6. The van der Waals surface area contributed by atoms with Gasteiger partial charge in [-0.05, 0) is 36.1 Å². The van der Waals surface area contributed by atoms with Gasteiger partial charge in [-0.25, -0.2) is 9.97 Å². The zero-order valence-electron chi connectivity index (χ0n) is 17.5. The number of hydrogen-bond donors (Lipinski definition) is 3. The lowest BCUT2D eigenvalue weighted by molar-refractivity contribution is 0.102. The summed E-state index contributed by atoms with van der Waals surface area (Å²) in [4.78, 5) is 28.1. The number of benzene rings is 1. The van der Waals surface area contributed by atoms with Crippen molar-refractivity contribution in [2.75, 3.05) is 42.3 Å². The fraction of sp³-hybridized carbons (Fsp3) is 0.304. The molecule has 0 bridgehead atoms. The smallest absolute Gasteiger partial charge is 0.278 e. The number of aliphatic hydroxyl groups excluding tert-OH is 1. The number of aromatic nitrogens is 3. The number of aliphatic hydroxyl groups is 1. The van der Waals surface area contributed by atoms with Crippen molar-refractivity contribution in [2.24, 2.45) is 0 Å². The lowest BCUT2D eigenvalue weighted by Gasteiger charge is -2.30. The van der Waals surface area contributed by atoms with Crippen molar-refractivity contribution in [1.29, 1.82) is 0 Å². The monoisotopic (exact) mass is 432 g/mol. The van der Waals surface area contributed by atoms with E-state index in [-0.39, 0.29) is 11.5 Å². The molecular formula is C23H24N6O3. The molecule has 1 saturated heterocycles. The van der Waals surface area contributed by atoms with Crippen LogP contribution in [0.25, 0.3) is 11.3 Å². The Morgan fingerprint density at radius 2 is 2.06 bits per heavy atom. The van der Waals surface area contributed by atoms with Crippen molar-refractivity contribution < 1.29 is 14.6 Å². The van der Waals surface area contributed by atoms with Crippen molar-refractivity contribution in [2.45, 2.75) is 18.9 Å². The van der Waals surface area contributed by atoms with E-state index in [4.69, 9.17) is 10.5 Å². The lowest BCUT2D eigenvalue weighted by atomic mass is 10.0. The Balaban J connectivity index is 1.42. The minimum Gasteiger partial charge on any atom is -0.388 e. The summed E-state index contributed by atoms with van der Waals surface area (Å²) in [6.07, 6.45) is 5.98. The Hall–Kier alpha value is -3.56. The molecule has 0 radical (unpaired) electrons. The van der Waals surface area contributed by atoms with Crippen LogP contribution in [0.3, 0.4) is 0 Å². The van der Waals surface area contributed by atoms with Crippen LogP contribution in [-0.4, -0.2) is 52.3 Å². The van der Waals surface area contributed by atoms with Gasteiger partial charge in [0, 0.05) is 24.8 Å². The number of morpholine rings is 1. The van der Waals surface area contributed by atoms with E-state index in [1.807, 2.05) is 24.3 Å². The van der Waals surface area contributed by atoms with Gasteiger partial charge in [0.15, 0.2) is 11.5 Å². The second-order valence-corrected chi connectivity index (χ2v) is 7.90. The first-order chi connectivity index (χ1) is 15.6. The summed E-state index contributed by atoms with van der Waals surface area (Å²) in [5.74, 6) is -0.393. The summed E-state index contributed by atoms with van der Waals surface area (Å²) >= 11 is 0. The van der Waals surface area contributed by atoms with Gasteiger partial charge in [0.25, 0.3) is 5.91 Å². The van der Waals surface area contributed by atoms with Crippen molar-refractivity contribution >= 4 is 23.1 Å². The van der Waals surface area contributed by atoms with Crippen LogP contribution in [0.15, 0.2) is 42.9 Å². The van der Waals surface area contributed by atoms with E-state index in [9.17, 15) is 9.90 Å². The van der Waals surface area contributed by atoms with Crippen LogP contribution in [0.4, 0.5) is 17.2 Å². The maximum absolute atomic E-state index is 13.1. The highest BCUT2D eigenvalue weighted by Gasteiger charge is 2.22. The SMILES string of the molecule is Nc1ncc(-c2ccc3c(c2)CCC3O)nc1C(=O)Nc1cnccc1N1CCOCC1. The predicted molar refractivity (Wildman–Crippen MR) is 120 cm³/mol. The molecule has 1 amide bonds. The molecule has 3 aromatic rings. The van der Waals surface area contributed by atoms with Gasteiger partial charge in [0.2, 0.25) is 0 Å². The van der Waals surface area contributed by atoms with Crippen LogP contribution in [0.2, 0.25) is 0 Å². The van der Waals surface area contributed by atoms with Gasteiger partial charge in [0.05, 0.1) is 48.8 Å². The fourth-order valence-electron chi connectivity index (χ4n) is 4.20. The van der Waals surface area contributed by atoms with Crippen molar-refractivity contribution in [3.63, 3.8) is 0 Å². The number of carbonyl (C=O) groups is 1. The zero-order chi connectivity index (χ0) is 22.1. The Kier molecular flexibility index (Phi) is 5.42. The number of nitrogen functional groups attached to an aromatic ring is 1. The third-order valence-corrected chi connectivity index (χ3v) is 5.90. The Bertz CT molecular complexity index is 1160. The number of ether oxygens (including phenoxy) is 1. The van der Waals surface area contributed by atoms with Gasteiger partial charge in [-0.2, -0.15) is 0 Å². The molecule has 164 valence electrons. The topological polar surface area (TPSA) is 126 Å². The molecule has 1 aromatic carbocycles. The van der Waals surface area contributed by atoms with Crippen molar-refractivity contribution in [3.05, 3.63) is 59.7 Å². The fourth-order valence-corrected chi connectivity index (χ4v) is 4.20. The number of rotatable bonds is 4. The molecule has 2 aliphatic rings. The molecule has 32 heavy (non-hydrogen) atoms. The molecule has 5 rings (SSSR count). The summed E-state index contributed by atoms with van der Waals surface area (Å²) < 4.78 is 5.42. The van der Waals surface area contributed by atoms with Crippen LogP contribution < -0.4 is 16.0 Å². The number of nitrogens with zero attached hydrogens (tertiary/aromatic N) is 4. The van der Waals surface area contributed by atoms with Crippen LogP contribution in [0.1, 0.15) is 34.1 Å². The van der Waals surface area contributed by atoms with E-state index >= 15 is 0 Å². The molecule has 2 aromatic heterocycles. The largest absolute Gasteiger partial charge is 0.388 e. The lowest BCUT2D eigenvalue weighted by Crippen LogP contribution is -2.36. The first kappa shape index (κ1) is 20.3. The number of nitrogens with one attached hydrogen (secondary N) is 1. The van der Waals surface area contributed by atoms with Crippen LogP contribution >= 0.6 is 0 Å². The molecule has 3 heterocycles. The van der Waals surface area contributed by atoms with E-state index in [2.05, 4.69) is 25.2 Å². The summed E-state index contributed by atoms with van der Waals surface area (Å²) in [5, 5.41) is 12.9. The number of nitrogens with two attached hydrogens (primary N) is 1. The van der Waals surface area contributed by atoms with Gasteiger partial charge in [-0.3, -0.25) is 9.78 Å². The molecule has 9 nitrogen and oxygen atoms in total. The molecule has 9 heteroatoms. The number of anilines is 3. The molecule has 0 saturated carbocycles. The Morgan fingerprint density at radius 1 is 1.22 bits per heavy atom. The molecule has 1 fully saturated rings. The zero-order valence-corrected chi connectivity index (χ0v) is 17.5. The molecule has 0 spiro atoms. The predicted octanol–water partition coefficient (Wildman–Crippen LogP) is 2.19. The summed E-state index contributed by atoms with van der Waals surface area (Å²) in [5.41, 5.74) is 10.9. The molecule has 1 aliphatic carbocycles. The minimum absolute atomic E-state index is 0.0552. The minimum atomic E-state index is -0.448. The Morgan fingerprint density at radius 3 is 2.91 bits per heavy atom. The summed E-state index contributed by atoms with van der Waals surface area (Å²) in [6.45, 7) is 2.73. The van der Waals surface area contributed by atoms with E-state index in [0.717, 1.165) is 48.3 Å². The number of amides is 1. The van der Waals surface area contributed by atoms with Gasteiger partial charge < -0.3 is 25.8 Å². The molecule has 4 N–H and O–H groups in total. The molecule has 1 unspecified atom stereocenters. The van der Waals surface area contributed by atoms with Gasteiger partial charge in [0.1, 0.15) is 0 Å². The average Bonchev–Trinajstić information content (AvgIpc) is 3.20. The van der Waals surface area contributed by atoms with E-state index in [0.29, 0.717) is 24.6 Å². The highest BCUT2D eigenvalue weighted by Crippen LogP contribution is 2.34. The summed E-state index contributed by atoms with van der Waals surface area (Å²) in [6, 6.07) is 7.65. The highest BCUT2D eigenvalue weighted by molar-refractivity contribution is 6.07. The quantitative estimate of drug-likeness (QED) is 0.573. The average molecular weight is 432 g/mol. The van der Waals surface area contributed by atoms with E-state index in [1.54, 1.807) is 18.6 Å². The highest BCUT2D eigenvalue weighted by atomic mass is 16.5. The standard InChI is InChI=1S/C23H24N6O3/c24-22-21(23(31)28-18-12-25-6-5-19(18)29-7-9-32-10-8-29)27-17(13-26-22)15-1-3-16-14(11-15)2-4-20(16)30/h1,3,5-6,11-13,20,30H,2,4,7-10H2,(H2,24,26)(H,28,31). The van der Waals surface area contributed by atoms with Crippen molar-refractivity contribution in [1.82, 2.24) is 15.0 Å². The molecule has 1 aliphatic heterocycles. The first-order valence-electron chi connectivity index (χ1n) is 10.6. The van der Waals surface area contributed by atoms with Gasteiger partial charge in [-0.15, -0.1) is 0 Å². The maximum atomic E-state index is 13.1. The van der Waals surface area contributed by atoms with Crippen LogP contribution in [0.5, 0.6) is 0 Å². The third-order valence-electron chi connectivity index (χ3n) is 5.90.